The molecule has 2 aromatic carbocycles. The van der Waals surface area contributed by atoms with E-state index in [-0.39, 0.29) is 41.6 Å². The molecule has 9 nitrogen and oxygen atoms in total. The average molecular weight is 579 g/mol. The van der Waals surface area contributed by atoms with Gasteiger partial charge < -0.3 is 24.8 Å². The largest absolute Gasteiger partial charge is 0.467 e. The normalized spacial score (nSPS) is 22.0. The first-order valence-electron chi connectivity index (χ1n) is 14.3. The van der Waals surface area contributed by atoms with Crippen molar-refractivity contribution in [2.45, 2.75) is 68.8 Å². The molecular weight excluding hydrogens is 540 g/mol. The maximum atomic E-state index is 13.8. The Balaban J connectivity index is 1.25. The van der Waals surface area contributed by atoms with Crippen LogP contribution in [0.5, 0.6) is 0 Å². The molecule has 2 unspecified atom stereocenters. The number of benzene rings is 2. The van der Waals surface area contributed by atoms with Crippen molar-refractivity contribution in [1.82, 2.24) is 14.7 Å². The van der Waals surface area contributed by atoms with E-state index in [1.54, 1.807) is 4.90 Å². The van der Waals surface area contributed by atoms with Crippen LogP contribution < -0.4 is 5.32 Å². The van der Waals surface area contributed by atoms with E-state index in [0.29, 0.717) is 38.9 Å². The van der Waals surface area contributed by atoms with Gasteiger partial charge in [0.2, 0.25) is 11.8 Å². The van der Waals surface area contributed by atoms with Gasteiger partial charge in [-0.15, -0.1) is 11.8 Å². The molecule has 0 aromatic heterocycles. The van der Waals surface area contributed by atoms with Crippen molar-refractivity contribution < 1.29 is 23.9 Å². The van der Waals surface area contributed by atoms with Crippen LogP contribution in [-0.4, -0.2) is 76.0 Å². The highest BCUT2D eigenvalue weighted by Crippen LogP contribution is 2.46. The van der Waals surface area contributed by atoms with Crippen LogP contribution in [0.1, 0.15) is 56.0 Å². The van der Waals surface area contributed by atoms with Crippen LogP contribution in [-0.2, 0) is 25.7 Å². The predicted octanol–water partition coefficient (Wildman–Crippen LogP) is 4.65. The molecule has 3 heterocycles. The van der Waals surface area contributed by atoms with Gasteiger partial charge in [0.1, 0.15) is 11.4 Å². The van der Waals surface area contributed by atoms with Gasteiger partial charge in [-0.05, 0) is 42.4 Å². The number of amides is 4. The van der Waals surface area contributed by atoms with Crippen LogP contribution in [0, 0.1) is 5.92 Å². The number of carbonyl (C=O) groups excluding carboxylic acids is 4. The van der Waals surface area contributed by atoms with Crippen LogP contribution in [0.25, 0.3) is 0 Å². The van der Waals surface area contributed by atoms with Gasteiger partial charge >= 0.3 is 12.0 Å². The molecule has 3 aliphatic heterocycles. The lowest BCUT2D eigenvalue weighted by Gasteiger charge is -2.40. The first-order valence-corrected chi connectivity index (χ1v) is 15.2. The molecule has 0 aliphatic carbocycles. The number of nitrogens with zero attached hydrogens (tertiary/aromatic N) is 3. The fourth-order valence-electron chi connectivity index (χ4n) is 6.01. The average Bonchev–Trinajstić information content (AvgIpc) is 3.30. The molecule has 218 valence electrons. The third-order valence-electron chi connectivity index (χ3n) is 8.14. The highest BCUT2D eigenvalue weighted by atomic mass is 32.2. The maximum Gasteiger partial charge on any atom is 0.328 e. The number of anilines is 1. The van der Waals surface area contributed by atoms with Crippen molar-refractivity contribution in [2.24, 2.45) is 5.92 Å². The minimum atomic E-state index is -0.720. The van der Waals surface area contributed by atoms with E-state index in [0.717, 1.165) is 16.8 Å². The van der Waals surface area contributed by atoms with Crippen molar-refractivity contribution >= 4 is 41.3 Å². The Morgan fingerprint density at radius 2 is 1.71 bits per heavy atom. The Bertz CT molecular complexity index is 1280. The summed E-state index contributed by atoms with van der Waals surface area (Å²) in [5.41, 5.74) is 2.86. The molecule has 5 rings (SSSR count). The first-order chi connectivity index (χ1) is 19.8. The Labute approximate surface area is 245 Å². The van der Waals surface area contributed by atoms with Gasteiger partial charge in [0.05, 0.1) is 12.4 Å². The van der Waals surface area contributed by atoms with Crippen LogP contribution >= 0.6 is 11.8 Å². The van der Waals surface area contributed by atoms with Crippen molar-refractivity contribution in [3.63, 3.8) is 0 Å². The fraction of sp³-hybridized carbons (Fsp3) is 0.484. The topological polar surface area (TPSA) is 99.3 Å². The van der Waals surface area contributed by atoms with E-state index in [9.17, 15) is 19.2 Å². The molecule has 41 heavy (non-hydrogen) atoms. The number of hydrogen-bond acceptors (Lipinski definition) is 6. The predicted molar refractivity (Wildman–Crippen MR) is 158 cm³/mol. The van der Waals surface area contributed by atoms with Gasteiger partial charge in [-0.2, -0.15) is 0 Å². The summed E-state index contributed by atoms with van der Waals surface area (Å²) < 4.78 is 5.11. The molecule has 0 radical (unpaired) electrons. The second-order valence-corrected chi connectivity index (χ2v) is 12.6. The van der Waals surface area contributed by atoms with Gasteiger partial charge in [0.25, 0.3) is 0 Å². The lowest BCUT2D eigenvalue weighted by atomic mass is 10.00. The third kappa shape index (κ3) is 6.22. The van der Waals surface area contributed by atoms with E-state index in [1.165, 1.54) is 18.9 Å². The smallest absolute Gasteiger partial charge is 0.328 e. The summed E-state index contributed by atoms with van der Waals surface area (Å²) in [4.78, 5) is 58.2. The number of fused-ring (bicyclic) bond motifs is 1. The molecule has 4 amide bonds. The van der Waals surface area contributed by atoms with Gasteiger partial charge in [-0.1, -0.05) is 62.4 Å². The molecule has 3 atom stereocenters. The van der Waals surface area contributed by atoms with E-state index >= 15 is 0 Å². The zero-order valence-electron chi connectivity index (χ0n) is 23.8. The van der Waals surface area contributed by atoms with E-state index < -0.39 is 17.3 Å². The van der Waals surface area contributed by atoms with Gasteiger partial charge in [0.15, 0.2) is 0 Å². The number of piperidine rings is 1. The number of hydrogen-bond donors (Lipinski definition) is 1. The minimum absolute atomic E-state index is 0.0460. The summed E-state index contributed by atoms with van der Waals surface area (Å²) in [5, 5.41) is 2.01. The molecule has 0 saturated carbocycles. The van der Waals surface area contributed by atoms with Gasteiger partial charge in [0, 0.05) is 37.8 Å². The second-order valence-electron chi connectivity index (χ2n) is 11.3. The zero-order chi connectivity index (χ0) is 29.1. The van der Waals surface area contributed by atoms with E-state index in [1.807, 2.05) is 78.2 Å². The Morgan fingerprint density at radius 1 is 1.02 bits per heavy atom. The number of likely N-dealkylation sites (tertiary alicyclic amines) is 1. The SMILES string of the molecule is COC(=O)[C@@H](CC(C)C)N1C(=O)C(CC(=O)N2CCC(N3Cc4ccccc4NC3=O)CC2)SC1c1ccccc1. The summed E-state index contributed by atoms with van der Waals surface area (Å²) in [7, 11) is 1.35. The number of methoxy groups -OCH3 is 1. The quantitative estimate of drug-likeness (QED) is 0.458. The first kappa shape index (κ1) is 29.0. The number of urea groups is 1. The van der Waals surface area contributed by atoms with Crippen LogP contribution in [0.15, 0.2) is 54.6 Å². The molecule has 2 fully saturated rings. The number of thioether (sulfide) groups is 1. The summed E-state index contributed by atoms with van der Waals surface area (Å²) in [6.07, 6.45) is 1.92. The lowest BCUT2D eigenvalue weighted by Crippen LogP contribution is -2.51. The molecule has 2 aromatic rings. The number of carbonyl (C=O) groups is 4. The minimum Gasteiger partial charge on any atom is -0.467 e. The number of nitrogens with one attached hydrogen (secondary N) is 1. The highest BCUT2D eigenvalue weighted by Gasteiger charge is 2.48. The number of ether oxygens (including phenoxy) is 1. The number of esters is 1. The number of rotatable bonds is 8. The van der Waals surface area contributed by atoms with Crippen molar-refractivity contribution in [3.05, 3.63) is 65.7 Å². The maximum absolute atomic E-state index is 13.8. The fourth-order valence-corrected chi connectivity index (χ4v) is 7.49. The summed E-state index contributed by atoms with van der Waals surface area (Å²) in [6, 6.07) is 16.7. The zero-order valence-corrected chi connectivity index (χ0v) is 24.6. The van der Waals surface area contributed by atoms with E-state index in [2.05, 4.69) is 5.32 Å². The summed E-state index contributed by atoms with van der Waals surface area (Å²) in [5.74, 6) is -0.542. The van der Waals surface area contributed by atoms with Crippen molar-refractivity contribution in [3.8, 4) is 0 Å². The molecule has 10 heteroatoms. The van der Waals surface area contributed by atoms with Gasteiger partial charge in [-0.25, -0.2) is 9.59 Å². The standard InChI is InChI=1S/C31H38N4O5S/c1-20(2)17-25(30(38)40-3)35-28(37)26(41-29(35)21-9-5-4-6-10-21)18-27(36)33-15-13-23(14-16-33)34-19-22-11-7-8-12-24(22)32-31(34)39/h4-12,20,23,25-26,29H,13-19H2,1-3H3,(H,32,39)/t25-,26?,29?/m1/s1. The van der Waals surface area contributed by atoms with Gasteiger partial charge in [-0.3, -0.25) is 9.59 Å². The van der Waals surface area contributed by atoms with Crippen molar-refractivity contribution in [1.29, 1.82) is 0 Å². The summed E-state index contributed by atoms with van der Waals surface area (Å²) >= 11 is 1.43. The van der Waals surface area contributed by atoms with E-state index in [4.69, 9.17) is 4.74 Å². The Morgan fingerprint density at radius 3 is 2.39 bits per heavy atom. The summed E-state index contributed by atoms with van der Waals surface area (Å²) in [6.45, 7) is 5.65. The second kappa shape index (κ2) is 12.5. The molecular formula is C31H38N4O5S. The number of para-hydroxylation sites is 1. The van der Waals surface area contributed by atoms with Crippen LogP contribution in [0.3, 0.4) is 0 Å². The third-order valence-corrected chi connectivity index (χ3v) is 9.60. The monoisotopic (exact) mass is 578 g/mol. The molecule has 0 bridgehead atoms. The Kier molecular flexibility index (Phi) is 8.87. The molecule has 2 saturated heterocycles. The molecule has 3 aliphatic rings. The van der Waals surface area contributed by atoms with Crippen LogP contribution in [0.2, 0.25) is 0 Å². The molecule has 1 N–H and O–H groups in total. The van der Waals surface area contributed by atoms with Crippen LogP contribution in [0.4, 0.5) is 10.5 Å². The highest BCUT2D eigenvalue weighted by molar-refractivity contribution is 8.01. The molecule has 0 spiro atoms. The Hall–Kier alpha value is -3.53. The lowest BCUT2D eigenvalue weighted by molar-refractivity contribution is -0.153. The van der Waals surface area contributed by atoms with Crippen molar-refractivity contribution in [2.75, 3.05) is 25.5 Å².